The normalized spacial score (nSPS) is 21.2. The van der Waals surface area contributed by atoms with Crippen molar-refractivity contribution in [1.29, 1.82) is 0 Å². The fourth-order valence-electron chi connectivity index (χ4n) is 2.42. The number of carbonyl (C=O) groups is 2. The van der Waals surface area contributed by atoms with Gasteiger partial charge in [0, 0.05) is 12.7 Å². The molecule has 0 aromatic carbocycles. The lowest BCUT2D eigenvalue weighted by Crippen LogP contribution is -2.31. The van der Waals surface area contributed by atoms with Gasteiger partial charge in [0.05, 0.1) is 10.6 Å². The van der Waals surface area contributed by atoms with Crippen LogP contribution < -0.4 is 16.0 Å². The first-order chi connectivity index (χ1) is 10.7. The number of aromatic nitrogens is 2. The number of nitrogens with zero attached hydrogens (tertiary/aromatic N) is 2. The third kappa shape index (κ3) is 3.83. The highest BCUT2D eigenvalue weighted by molar-refractivity contribution is 8.18. The van der Waals surface area contributed by atoms with Gasteiger partial charge in [-0.1, -0.05) is 0 Å². The van der Waals surface area contributed by atoms with Crippen molar-refractivity contribution in [3.05, 3.63) is 22.9 Å². The number of hydrogen-bond donors (Lipinski definition) is 3. The Morgan fingerprint density at radius 1 is 1.36 bits per heavy atom. The first-order valence-electron chi connectivity index (χ1n) is 7.23. The molecule has 0 aliphatic carbocycles. The number of nitrogens with one attached hydrogen (secondary N) is 3. The predicted molar refractivity (Wildman–Crippen MR) is 85.2 cm³/mol. The van der Waals surface area contributed by atoms with Crippen molar-refractivity contribution >= 4 is 34.9 Å². The molecule has 2 fully saturated rings. The summed E-state index contributed by atoms with van der Waals surface area (Å²) in [6.45, 7) is 2.95. The highest BCUT2D eigenvalue weighted by Crippen LogP contribution is 2.25. The molecule has 0 radical (unpaired) electrons. The van der Waals surface area contributed by atoms with Crippen LogP contribution in [0.3, 0.4) is 0 Å². The van der Waals surface area contributed by atoms with Gasteiger partial charge in [-0.2, -0.15) is 0 Å². The lowest BCUT2D eigenvalue weighted by molar-refractivity contribution is -0.115. The quantitative estimate of drug-likeness (QED) is 0.718. The van der Waals surface area contributed by atoms with Gasteiger partial charge in [-0.15, -0.1) is 0 Å². The molecule has 0 saturated carbocycles. The molecular formula is C14H17N5O2S. The first kappa shape index (κ1) is 15.0. The smallest absolute Gasteiger partial charge is 0.290 e. The van der Waals surface area contributed by atoms with Crippen LogP contribution in [0.15, 0.2) is 17.2 Å². The van der Waals surface area contributed by atoms with Crippen LogP contribution in [0.25, 0.3) is 6.08 Å². The molecule has 0 bridgehead atoms. The largest absolute Gasteiger partial charge is 0.354 e. The van der Waals surface area contributed by atoms with E-state index in [4.69, 9.17) is 0 Å². The van der Waals surface area contributed by atoms with Crippen molar-refractivity contribution in [3.63, 3.8) is 0 Å². The van der Waals surface area contributed by atoms with Gasteiger partial charge in [0.2, 0.25) is 5.95 Å². The summed E-state index contributed by atoms with van der Waals surface area (Å²) in [5.41, 5.74) is 0.607. The fraction of sp³-hybridized carbons (Fsp3) is 0.429. The number of anilines is 1. The standard InChI is InChI=1S/C14H17N5O2S/c20-12-11(22-14(21)19-12)7-10-3-6-16-13(18-10)17-8-9-1-4-15-5-2-9/h3,6-7,9,15H,1-2,4-5,8H2,(H,16,17,18)(H,19,20,21)/b11-7-. The van der Waals surface area contributed by atoms with E-state index in [0.717, 1.165) is 44.2 Å². The SMILES string of the molecule is O=C1NC(=O)/C(=C/c2ccnc(NCC3CCNCC3)n2)S1. The highest BCUT2D eigenvalue weighted by atomic mass is 32.2. The van der Waals surface area contributed by atoms with Crippen LogP contribution in [0.1, 0.15) is 18.5 Å². The number of rotatable bonds is 4. The van der Waals surface area contributed by atoms with Crippen LogP contribution in [0, 0.1) is 5.92 Å². The van der Waals surface area contributed by atoms with Gasteiger partial charge >= 0.3 is 0 Å². The van der Waals surface area contributed by atoms with E-state index in [1.165, 1.54) is 0 Å². The average Bonchev–Trinajstić information content (AvgIpc) is 2.84. The highest BCUT2D eigenvalue weighted by Gasteiger charge is 2.25. The molecule has 0 atom stereocenters. The predicted octanol–water partition coefficient (Wildman–Crippen LogP) is 1.21. The van der Waals surface area contributed by atoms with E-state index in [2.05, 4.69) is 25.9 Å². The number of piperidine rings is 1. The topological polar surface area (TPSA) is 96.0 Å². The van der Waals surface area contributed by atoms with Crippen LogP contribution in [-0.2, 0) is 4.79 Å². The molecule has 0 unspecified atom stereocenters. The fourth-order valence-corrected chi connectivity index (χ4v) is 3.08. The van der Waals surface area contributed by atoms with Crippen molar-refractivity contribution in [1.82, 2.24) is 20.6 Å². The number of amides is 2. The summed E-state index contributed by atoms with van der Waals surface area (Å²) in [5, 5.41) is 8.45. The maximum atomic E-state index is 11.5. The van der Waals surface area contributed by atoms with Crippen LogP contribution in [0.5, 0.6) is 0 Å². The Labute approximate surface area is 132 Å². The molecule has 116 valence electrons. The minimum atomic E-state index is -0.377. The summed E-state index contributed by atoms with van der Waals surface area (Å²) in [4.78, 5) is 31.6. The Morgan fingerprint density at radius 3 is 2.91 bits per heavy atom. The summed E-state index contributed by atoms with van der Waals surface area (Å²) in [6, 6.07) is 1.71. The summed E-state index contributed by atoms with van der Waals surface area (Å²) >= 11 is 0.884. The zero-order chi connectivity index (χ0) is 15.4. The molecule has 2 amide bonds. The molecule has 3 heterocycles. The number of imide groups is 1. The Morgan fingerprint density at radius 2 is 2.18 bits per heavy atom. The number of hydrogen-bond acceptors (Lipinski definition) is 7. The van der Waals surface area contributed by atoms with E-state index >= 15 is 0 Å². The van der Waals surface area contributed by atoms with Crippen molar-refractivity contribution < 1.29 is 9.59 Å². The second-order valence-electron chi connectivity index (χ2n) is 5.23. The summed E-state index contributed by atoms with van der Waals surface area (Å²) in [6.07, 6.45) is 5.54. The Hall–Kier alpha value is -1.93. The number of thioether (sulfide) groups is 1. The van der Waals surface area contributed by atoms with Gasteiger partial charge in [-0.05, 0) is 55.8 Å². The molecule has 7 nitrogen and oxygen atoms in total. The van der Waals surface area contributed by atoms with Gasteiger partial charge in [-0.3, -0.25) is 14.9 Å². The molecule has 2 aliphatic heterocycles. The molecule has 1 aromatic heterocycles. The Balaban J connectivity index is 1.63. The van der Waals surface area contributed by atoms with Gasteiger partial charge in [0.25, 0.3) is 11.1 Å². The second-order valence-corrected chi connectivity index (χ2v) is 6.25. The van der Waals surface area contributed by atoms with Gasteiger partial charge in [0.15, 0.2) is 0 Å². The Bertz CT molecular complexity index is 613. The van der Waals surface area contributed by atoms with Gasteiger partial charge < -0.3 is 10.6 Å². The summed E-state index contributed by atoms with van der Waals surface area (Å²) in [7, 11) is 0. The average molecular weight is 319 g/mol. The molecule has 2 aliphatic rings. The van der Waals surface area contributed by atoms with Crippen LogP contribution in [0.2, 0.25) is 0 Å². The summed E-state index contributed by atoms with van der Waals surface area (Å²) < 4.78 is 0. The lowest BCUT2D eigenvalue weighted by atomic mass is 9.98. The van der Waals surface area contributed by atoms with Gasteiger partial charge in [-0.25, -0.2) is 9.97 Å². The van der Waals surface area contributed by atoms with Gasteiger partial charge in [0.1, 0.15) is 0 Å². The minimum absolute atomic E-state index is 0.352. The maximum absolute atomic E-state index is 11.5. The van der Waals surface area contributed by atoms with Crippen LogP contribution in [0.4, 0.5) is 10.7 Å². The van der Waals surface area contributed by atoms with Crippen molar-refractivity contribution in [2.75, 3.05) is 25.0 Å². The molecule has 3 rings (SSSR count). The Kier molecular flexibility index (Phi) is 4.69. The second kappa shape index (κ2) is 6.89. The molecule has 8 heteroatoms. The van der Waals surface area contributed by atoms with E-state index in [-0.39, 0.29) is 11.1 Å². The first-order valence-corrected chi connectivity index (χ1v) is 8.05. The monoisotopic (exact) mass is 319 g/mol. The third-order valence-corrected chi connectivity index (χ3v) is 4.42. The zero-order valence-electron chi connectivity index (χ0n) is 12.0. The maximum Gasteiger partial charge on any atom is 0.290 e. The van der Waals surface area contributed by atoms with E-state index in [0.29, 0.717) is 22.5 Å². The zero-order valence-corrected chi connectivity index (χ0v) is 12.8. The van der Waals surface area contributed by atoms with E-state index in [9.17, 15) is 9.59 Å². The molecule has 2 saturated heterocycles. The van der Waals surface area contributed by atoms with Crippen molar-refractivity contribution in [3.8, 4) is 0 Å². The van der Waals surface area contributed by atoms with Crippen LogP contribution >= 0.6 is 11.8 Å². The minimum Gasteiger partial charge on any atom is -0.354 e. The third-order valence-electron chi connectivity index (χ3n) is 3.61. The van der Waals surface area contributed by atoms with E-state index < -0.39 is 0 Å². The van der Waals surface area contributed by atoms with Crippen molar-refractivity contribution in [2.45, 2.75) is 12.8 Å². The number of carbonyl (C=O) groups excluding carboxylic acids is 2. The lowest BCUT2D eigenvalue weighted by Gasteiger charge is -2.22. The van der Waals surface area contributed by atoms with E-state index in [1.54, 1.807) is 18.3 Å². The molecule has 1 aromatic rings. The molecular weight excluding hydrogens is 302 g/mol. The van der Waals surface area contributed by atoms with E-state index in [1.807, 2.05) is 0 Å². The molecule has 3 N–H and O–H groups in total. The molecule has 22 heavy (non-hydrogen) atoms. The molecule has 0 spiro atoms. The van der Waals surface area contributed by atoms with Crippen molar-refractivity contribution in [2.24, 2.45) is 5.92 Å². The summed E-state index contributed by atoms with van der Waals surface area (Å²) in [5.74, 6) is 0.793. The van der Waals surface area contributed by atoms with Crippen LogP contribution in [-0.4, -0.2) is 40.7 Å².